The molecule has 0 saturated heterocycles. The molecule has 0 aliphatic heterocycles. The van der Waals surface area contributed by atoms with Crippen molar-refractivity contribution in [3.05, 3.63) is 34.7 Å². The number of benzene rings is 1. The molecular formula is C15H17NO3. The van der Waals surface area contributed by atoms with Gasteiger partial charge in [0.25, 0.3) is 5.56 Å². The molecule has 0 atom stereocenters. The van der Waals surface area contributed by atoms with Gasteiger partial charge < -0.3 is 14.5 Å². The third-order valence-electron chi connectivity index (χ3n) is 3.68. The summed E-state index contributed by atoms with van der Waals surface area (Å²) in [5.74, 6) is 1.38. The molecule has 4 heteroatoms. The molecule has 0 radical (unpaired) electrons. The van der Waals surface area contributed by atoms with Gasteiger partial charge in [-0.1, -0.05) is 0 Å². The van der Waals surface area contributed by atoms with E-state index >= 15 is 0 Å². The maximum Gasteiger partial charge on any atom is 0.255 e. The second kappa shape index (κ2) is 4.96. The summed E-state index contributed by atoms with van der Waals surface area (Å²) in [5.41, 5.74) is -0.101. The first-order chi connectivity index (χ1) is 9.29. The molecule has 19 heavy (non-hydrogen) atoms. The van der Waals surface area contributed by atoms with Gasteiger partial charge in [0.2, 0.25) is 0 Å². The van der Waals surface area contributed by atoms with Crippen LogP contribution in [0.5, 0.6) is 11.5 Å². The van der Waals surface area contributed by atoms with Crippen LogP contribution in [0.4, 0.5) is 0 Å². The van der Waals surface area contributed by atoms with E-state index in [1.807, 2.05) is 6.07 Å². The molecule has 1 saturated carbocycles. The third kappa shape index (κ3) is 2.18. The molecule has 2 aromatic rings. The highest BCUT2D eigenvalue weighted by Gasteiger charge is 2.20. The van der Waals surface area contributed by atoms with Crippen LogP contribution < -0.4 is 15.0 Å². The Kier molecular flexibility index (Phi) is 3.15. The van der Waals surface area contributed by atoms with Gasteiger partial charge in [-0.15, -0.1) is 0 Å². The highest BCUT2D eigenvalue weighted by molar-refractivity contribution is 5.89. The molecule has 100 valence electrons. The van der Waals surface area contributed by atoms with Crippen LogP contribution in [0.25, 0.3) is 10.8 Å². The second-order valence-corrected chi connectivity index (χ2v) is 4.89. The number of ether oxygens (including phenoxy) is 2. The molecular weight excluding hydrogens is 242 g/mol. The Labute approximate surface area is 111 Å². The number of H-pyrrole nitrogens is 1. The SMILES string of the molecule is COc1ccc2c(=O)[nH]ccc2c1OC1CCCC1. The second-order valence-electron chi connectivity index (χ2n) is 4.89. The van der Waals surface area contributed by atoms with Gasteiger partial charge in [0.1, 0.15) is 0 Å². The summed E-state index contributed by atoms with van der Waals surface area (Å²) >= 11 is 0. The first-order valence-corrected chi connectivity index (χ1v) is 6.64. The number of aromatic nitrogens is 1. The number of methoxy groups -OCH3 is 1. The summed E-state index contributed by atoms with van der Waals surface area (Å²) in [6.07, 6.45) is 6.44. The molecule has 1 fully saturated rings. The van der Waals surface area contributed by atoms with E-state index in [2.05, 4.69) is 4.98 Å². The molecule has 1 aliphatic carbocycles. The lowest BCUT2D eigenvalue weighted by Crippen LogP contribution is -2.13. The van der Waals surface area contributed by atoms with Crippen LogP contribution in [0.1, 0.15) is 25.7 Å². The van der Waals surface area contributed by atoms with Crippen molar-refractivity contribution in [2.24, 2.45) is 0 Å². The normalized spacial score (nSPS) is 15.8. The number of nitrogens with one attached hydrogen (secondary N) is 1. The van der Waals surface area contributed by atoms with Gasteiger partial charge in [0.05, 0.1) is 18.6 Å². The zero-order chi connectivity index (χ0) is 13.2. The Balaban J connectivity index is 2.12. The fraction of sp³-hybridized carbons (Fsp3) is 0.400. The van der Waals surface area contributed by atoms with E-state index in [0.29, 0.717) is 16.9 Å². The Morgan fingerprint density at radius 1 is 1.16 bits per heavy atom. The Morgan fingerprint density at radius 3 is 2.68 bits per heavy atom. The molecule has 1 N–H and O–H groups in total. The summed E-state index contributed by atoms with van der Waals surface area (Å²) in [7, 11) is 1.62. The quantitative estimate of drug-likeness (QED) is 0.922. The summed E-state index contributed by atoms with van der Waals surface area (Å²) in [6, 6.07) is 5.43. The van der Waals surface area contributed by atoms with Crippen molar-refractivity contribution >= 4 is 10.8 Å². The van der Waals surface area contributed by atoms with Crippen LogP contribution in [-0.2, 0) is 0 Å². The molecule has 0 amide bonds. The van der Waals surface area contributed by atoms with Crippen molar-refractivity contribution in [3.8, 4) is 11.5 Å². The molecule has 1 aromatic heterocycles. The first-order valence-electron chi connectivity index (χ1n) is 6.64. The summed E-state index contributed by atoms with van der Waals surface area (Å²) in [4.78, 5) is 14.5. The Bertz CT molecular complexity index is 641. The smallest absolute Gasteiger partial charge is 0.255 e. The number of pyridine rings is 1. The van der Waals surface area contributed by atoms with E-state index in [-0.39, 0.29) is 11.7 Å². The van der Waals surface area contributed by atoms with Gasteiger partial charge in [-0.3, -0.25) is 4.79 Å². The molecule has 4 nitrogen and oxygen atoms in total. The van der Waals surface area contributed by atoms with E-state index in [0.717, 1.165) is 18.2 Å². The largest absolute Gasteiger partial charge is 0.493 e. The van der Waals surface area contributed by atoms with Gasteiger partial charge in [-0.25, -0.2) is 0 Å². The molecule has 3 rings (SSSR count). The van der Waals surface area contributed by atoms with E-state index in [9.17, 15) is 4.79 Å². The molecule has 1 aromatic carbocycles. The van der Waals surface area contributed by atoms with E-state index in [4.69, 9.17) is 9.47 Å². The van der Waals surface area contributed by atoms with Crippen LogP contribution in [0.3, 0.4) is 0 Å². The van der Waals surface area contributed by atoms with E-state index < -0.39 is 0 Å². The van der Waals surface area contributed by atoms with Crippen molar-refractivity contribution in [3.63, 3.8) is 0 Å². The summed E-state index contributed by atoms with van der Waals surface area (Å²) in [5, 5.41) is 1.45. The van der Waals surface area contributed by atoms with Crippen LogP contribution in [-0.4, -0.2) is 18.2 Å². The molecule has 1 aliphatic rings. The van der Waals surface area contributed by atoms with E-state index in [1.54, 1.807) is 25.4 Å². The topological polar surface area (TPSA) is 51.3 Å². The van der Waals surface area contributed by atoms with Gasteiger partial charge in [-0.2, -0.15) is 0 Å². The highest BCUT2D eigenvalue weighted by atomic mass is 16.5. The zero-order valence-corrected chi connectivity index (χ0v) is 10.9. The maximum atomic E-state index is 11.8. The van der Waals surface area contributed by atoms with Gasteiger partial charge in [0, 0.05) is 11.6 Å². The number of hydrogen-bond acceptors (Lipinski definition) is 3. The van der Waals surface area contributed by atoms with Crippen LogP contribution >= 0.6 is 0 Å². The molecule has 0 unspecified atom stereocenters. The van der Waals surface area contributed by atoms with Gasteiger partial charge in [-0.05, 0) is 43.9 Å². The molecule has 0 bridgehead atoms. The minimum absolute atomic E-state index is 0.101. The lowest BCUT2D eigenvalue weighted by atomic mass is 10.1. The van der Waals surface area contributed by atoms with Crippen molar-refractivity contribution in [1.29, 1.82) is 0 Å². The number of hydrogen-bond donors (Lipinski definition) is 1. The standard InChI is InChI=1S/C15H17NO3/c1-18-13-7-6-12-11(8-9-16-15(12)17)14(13)19-10-4-2-3-5-10/h6-10H,2-5H2,1H3,(H,16,17). The number of aromatic amines is 1. The van der Waals surface area contributed by atoms with Crippen molar-refractivity contribution in [2.75, 3.05) is 7.11 Å². The Hall–Kier alpha value is -1.97. The molecule has 1 heterocycles. The van der Waals surface area contributed by atoms with E-state index in [1.165, 1.54) is 12.8 Å². The van der Waals surface area contributed by atoms with Crippen molar-refractivity contribution in [2.45, 2.75) is 31.8 Å². The lowest BCUT2D eigenvalue weighted by molar-refractivity contribution is 0.203. The minimum Gasteiger partial charge on any atom is -0.493 e. The predicted molar refractivity (Wildman–Crippen MR) is 74.0 cm³/mol. The summed E-state index contributed by atoms with van der Waals surface area (Å²) in [6.45, 7) is 0. The Morgan fingerprint density at radius 2 is 1.95 bits per heavy atom. The van der Waals surface area contributed by atoms with Crippen LogP contribution in [0.2, 0.25) is 0 Å². The van der Waals surface area contributed by atoms with Gasteiger partial charge in [0.15, 0.2) is 11.5 Å². The number of rotatable bonds is 3. The number of fused-ring (bicyclic) bond motifs is 1. The van der Waals surface area contributed by atoms with Crippen molar-refractivity contribution in [1.82, 2.24) is 4.98 Å². The minimum atomic E-state index is -0.101. The van der Waals surface area contributed by atoms with Gasteiger partial charge >= 0.3 is 0 Å². The summed E-state index contributed by atoms with van der Waals surface area (Å²) < 4.78 is 11.5. The fourth-order valence-electron chi connectivity index (χ4n) is 2.68. The average molecular weight is 259 g/mol. The van der Waals surface area contributed by atoms with Crippen molar-refractivity contribution < 1.29 is 9.47 Å². The maximum absolute atomic E-state index is 11.8. The monoisotopic (exact) mass is 259 g/mol. The zero-order valence-electron chi connectivity index (χ0n) is 10.9. The molecule has 0 spiro atoms. The third-order valence-corrected chi connectivity index (χ3v) is 3.68. The fourth-order valence-corrected chi connectivity index (χ4v) is 2.68. The highest BCUT2D eigenvalue weighted by Crippen LogP contribution is 2.36. The average Bonchev–Trinajstić information content (AvgIpc) is 2.93. The lowest BCUT2D eigenvalue weighted by Gasteiger charge is -2.17. The predicted octanol–water partition coefficient (Wildman–Crippen LogP) is 2.86. The van der Waals surface area contributed by atoms with Crippen LogP contribution in [0.15, 0.2) is 29.2 Å². The first kappa shape index (κ1) is 12.1. The van der Waals surface area contributed by atoms with Crippen LogP contribution in [0, 0.1) is 0 Å².